The van der Waals surface area contributed by atoms with E-state index in [0.717, 1.165) is 25.1 Å². The molecule has 7 heteroatoms. The number of urea groups is 1. The minimum absolute atomic E-state index is 0.150. The number of primary amides is 1. The molecule has 0 spiro atoms. The van der Waals surface area contributed by atoms with Crippen LogP contribution in [-0.4, -0.2) is 37.3 Å². The summed E-state index contributed by atoms with van der Waals surface area (Å²) in [5.41, 5.74) is 5.64. The highest BCUT2D eigenvalue weighted by Crippen LogP contribution is 2.20. The van der Waals surface area contributed by atoms with Crippen molar-refractivity contribution in [3.63, 3.8) is 0 Å². The van der Waals surface area contributed by atoms with E-state index in [0.29, 0.717) is 12.4 Å². The predicted octanol–water partition coefficient (Wildman–Crippen LogP) is 1.24. The number of hydrogen-bond donors (Lipinski definition) is 3. The Morgan fingerprint density at radius 1 is 1.50 bits per heavy atom. The molecule has 1 aliphatic heterocycles. The molecule has 7 nitrogen and oxygen atoms in total. The molecule has 22 heavy (non-hydrogen) atoms. The van der Waals surface area contributed by atoms with Crippen LogP contribution in [0.15, 0.2) is 24.3 Å². The lowest BCUT2D eigenvalue weighted by molar-refractivity contribution is -0.120. The fourth-order valence-corrected chi connectivity index (χ4v) is 2.19. The number of carbonyl (C=O) groups is 2. The number of rotatable bonds is 6. The average Bonchev–Trinajstić information content (AvgIpc) is 2.98. The zero-order valence-electron chi connectivity index (χ0n) is 12.5. The molecule has 120 valence electrons. The third-order valence-electron chi connectivity index (χ3n) is 3.32. The van der Waals surface area contributed by atoms with Gasteiger partial charge in [-0.15, -0.1) is 0 Å². The van der Waals surface area contributed by atoms with Crippen LogP contribution in [-0.2, 0) is 9.53 Å². The summed E-state index contributed by atoms with van der Waals surface area (Å²) in [6.07, 6.45) is 2.24. The predicted molar refractivity (Wildman–Crippen MR) is 81.7 cm³/mol. The van der Waals surface area contributed by atoms with Crippen molar-refractivity contribution in [3.05, 3.63) is 24.3 Å². The molecule has 0 aromatic heterocycles. The molecule has 3 amide bonds. The Morgan fingerprint density at radius 2 is 2.32 bits per heavy atom. The zero-order chi connectivity index (χ0) is 15.9. The number of anilines is 1. The number of hydrogen-bond acceptors (Lipinski definition) is 5. The second kappa shape index (κ2) is 7.65. The summed E-state index contributed by atoms with van der Waals surface area (Å²) < 4.78 is 11.2. The molecule has 0 bridgehead atoms. The van der Waals surface area contributed by atoms with Gasteiger partial charge in [-0.25, -0.2) is 4.79 Å². The Labute approximate surface area is 129 Å². The summed E-state index contributed by atoms with van der Waals surface area (Å²) in [5, 5.41) is 5.01. The van der Waals surface area contributed by atoms with E-state index < -0.39 is 18.0 Å². The molecule has 2 unspecified atom stereocenters. The Morgan fingerprint density at radius 3 is 3.00 bits per heavy atom. The minimum atomic E-state index is -0.868. The van der Waals surface area contributed by atoms with Crippen LogP contribution in [0.5, 0.6) is 5.75 Å². The number of imide groups is 1. The second-order valence-electron chi connectivity index (χ2n) is 5.19. The van der Waals surface area contributed by atoms with Crippen molar-refractivity contribution in [3.8, 4) is 5.75 Å². The molecule has 1 saturated heterocycles. The lowest BCUT2D eigenvalue weighted by Crippen LogP contribution is -2.43. The Bertz CT molecular complexity index is 529. The van der Waals surface area contributed by atoms with Crippen LogP contribution < -0.4 is 21.1 Å². The molecule has 4 N–H and O–H groups in total. The Balaban J connectivity index is 1.87. The molecular formula is C15H21N3O4. The van der Waals surface area contributed by atoms with Crippen LogP contribution in [0.1, 0.15) is 19.8 Å². The summed E-state index contributed by atoms with van der Waals surface area (Å²) in [6, 6.07) is 5.81. The monoisotopic (exact) mass is 307 g/mol. The van der Waals surface area contributed by atoms with Crippen LogP contribution in [0.4, 0.5) is 10.5 Å². The molecule has 1 fully saturated rings. The van der Waals surface area contributed by atoms with E-state index in [1.807, 2.05) is 23.5 Å². The number of benzene rings is 1. The molecule has 1 aromatic rings. The van der Waals surface area contributed by atoms with Crippen molar-refractivity contribution in [1.29, 1.82) is 0 Å². The van der Waals surface area contributed by atoms with Crippen molar-refractivity contribution in [2.24, 2.45) is 5.73 Å². The van der Waals surface area contributed by atoms with E-state index in [2.05, 4.69) is 5.32 Å². The van der Waals surface area contributed by atoms with Crippen molar-refractivity contribution in [1.82, 2.24) is 5.32 Å². The fraction of sp³-hybridized carbons (Fsp3) is 0.467. The Hall–Kier alpha value is -2.28. The number of amides is 3. The van der Waals surface area contributed by atoms with Crippen LogP contribution in [0, 0.1) is 0 Å². The highest BCUT2D eigenvalue weighted by Gasteiger charge is 2.17. The molecule has 0 radical (unpaired) electrons. The van der Waals surface area contributed by atoms with Crippen molar-refractivity contribution in [2.45, 2.75) is 31.9 Å². The molecule has 2 atom stereocenters. The second-order valence-corrected chi connectivity index (χ2v) is 5.19. The summed E-state index contributed by atoms with van der Waals surface area (Å²) in [7, 11) is 0. The summed E-state index contributed by atoms with van der Waals surface area (Å²) in [6.45, 7) is 2.95. The van der Waals surface area contributed by atoms with Crippen LogP contribution in [0.3, 0.4) is 0 Å². The zero-order valence-corrected chi connectivity index (χ0v) is 12.5. The first-order valence-corrected chi connectivity index (χ1v) is 7.26. The first-order valence-electron chi connectivity index (χ1n) is 7.26. The maximum absolute atomic E-state index is 11.6. The van der Waals surface area contributed by atoms with E-state index in [-0.39, 0.29) is 6.10 Å². The third-order valence-corrected chi connectivity index (χ3v) is 3.32. The fourth-order valence-electron chi connectivity index (χ4n) is 2.19. The molecule has 0 saturated carbocycles. The highest BCUT2D eigenvalue weighted by atomic mass is 16.5. The lowest BCUT2D eigenvalue weighted by Gasteiger charge is -2.16. The first kappa shape index (κ1) is 16.1. The molecule has 1 aliphatic rings. The minimum Gasteiger partial charge on any atom is -0.491 e. The van der Waals surface area contributed by atoms with Gasteiger partial charge in [-0.3, -0.25) is 10.1 Å². The average molecular weight is 307 g/mol. The summed E-state index contributed by atoms with van der Waals surface area (Å²) in [4.78, 5) is 22.3. The number of nitrogens with two attached hydrogens (primary N) is 1. The molecule has 1 aromatic carbocycles. The summed E-state index contributed by atoms with van der Waals surface area (Å²) in [5.74, 6) is 0.209. The maximum atomic E-state index is 11.6. The van der Waals surface area contributed by atoms with Gasteiger partial charge in [0.25, 0.3) is 0 Å². The standard InChI is InChI=1S/C15H21N3O4/c1-10(14(19)18-15(16)20)17-11-4-2-5-12(8-11)22-9-13-6-3-7-21-13/h2,4-5,8,10,13,17H,3,6-7,9H2,1H3,(H3,16,18,19,20). The van der Waals surface area contributed by atoms with Gasteiger partial charge in [0.2, 0.25) is 5.91 Å². The van der Waals surface area contributed by atoms with Crippen LogP contribution in [0.25, 0.3) is 0 Å². The van der Waals surface area contributed by atoms with Crippen LogP contribution in [0.2, 0.25) is 0 Å². The maximum Gasteiger partial charge on any atom is 0.318 e. The molecule has 1 heterocycles. The van der Waals surface area contributed by atoms with Crippen molar-refractivity contribution in [2.75, 3.05) is 18.5 Å². The van der Waals surface area contributed by atoms with Gasteiger partial charge in [0, 0.05) is 18.4 Å². The van der Waals surface area contributed by atoms with Gasteiger partial charge in [-0.2, -0.15) is 0 Å². The number of carbonyl (C=O) groups excluding carboxylic acids is 2. The number of nitrogens with one attached hydrogen (secondary N) is 2. The Kier molecular flexibility index (Phi) is 5.60. The van der Waals surface area contributed by atoms with Crippen LogP contribution >= 0.6 is 0 Å². The van der Waals surface area contributed by atoms with Gasteiger partial charge in [0.15, 0.2) is 0 Å². The SMILES string of the molecule is CC(Nc1cccc(OCC2CCCO2)c1)C(=O)NC(N)=O. The van der Waals surface area contributed by atoms with Gasteiger partial charge in [-0.05, 0) is 31.9 Å². The van der Waals surface area contributed by atoms with E-state index in [1.165, 1.54) is 0 Å². The largest absolute Gasteiger partial charge is 0.491 e. The lowest BCUT2D eigenvalue weighted by atomic mass is 10.2. The molecular weight excluding hydrogens is 286 g/mol. The molecule has 2 rings (SSSR count). The van der Waals surface area contributed by atoms with Gasteiger partial charge >= 0.3 is 6.03 Å². The van der Waals surface area contributed by atoms with Gasteiger partial charge in [0.1, 0.15) is 18.4 Å². The van der Waals surface area contributed by atoms with Gasteiger partial charge in [0.05, 0.1) is 6.10 Å². The smallest absolute Gasteiger partial charge is 0.318 e. The van der Waals surface area contributed by atoms with E-state index in [1.54, 1.807) is 13.0 Å². The van der Waals surface area contributed by atoms with Gasteiger partial charge in [-0.1, -0.05) is 6.07 Å². The normalized spacial score (nSPS) is 18.5. The van der Waals surface area contributed by atoms with E-state index in [4.69, 9.17) is 15.2 Å². The van der Waals surface area contributed by atoms with Crippen molar-refractivity contribution >= 4 is 17.6 Å². The molecule has 0 aliphatic carbocycles. The number of ether oxygens (including phenoxy) is 2. The topological polar surface area (TPSA) is 103 Å². The van der Waals surface area contributed by atoms with E-state index >= 15 is 0 Å². The third kappa shape index (κ3) is 4.92. The summed E-state index contributed by atoms with van der Waals surface area (Å²) >= 11 is 0. The van der Waals surface area contributed by atoms with Crippen molar-refractivity contribution < 1.29 is 19.1 Å². The highest BCUT2D eigenvalue weighted by molar-refractivity contribution is 5.97. The van der Waals surface area contributed by atoms with E-state index in [9.17, 15) is 9.59 Å². The first-order chi connectivity index (χ1) is 10.5. The van der Waals surface area contributed by atoms with Gasteiger partial charge < -0.3 is 20.5 Å². The quantitative estimate of drug-likeness (QED) is 0.734.